The number of nitrogens with zero attached hydrogens (tertiary/aromatic N) is 1. The topological polar surface area (TPSA) is 29.9 Å². The molecule has 0 spiro atoms. The number of aromatic amines is 1. The van der Waals surface area contributed by atoms with E-state index in [1.807, 2.05) is 26.0 Å². The van der Waals surface area contributed by atoms with Crippen molar-refractivity contribution in [1.82, 2.24) is 9.55 Å². The van der Waals surface area contributed by atoms with Gasteiger partial charge in [0, 0.05) is 6.04 Å². The van der Waals surface area contributed by atoms with Crippen molar-refractivity contribution in [3.05, 3.63) is 23.0 Å². The molecular formula is C16H24N2OS. The number of aromatic nitrogens is 2. The van der Waals surface area contributed by atoms with Gasteiger partial charge in [-0.25, -0.2) is 0 Å². The Morgan fingerprint density at radius 3 is 2.70 bits per heavy atom. The lowest BCUT2D eigenvalue weighted by Crippen LogP contribution is -2.06. The summed E-state index contributed by atoms with van der Waals surface area (Å²) in [6.07, 6.45) is 3.73. The van der Waals surface area contributed by atoms with Gasteiger partial charge >= 0.3 is 0 Å². The molecule has 1 aromatic carbocycles. The van der Waals surface area contributed by atoms with E-state index in [0.717, 1.165) is 28.0 Å². The van der Waals surface area contributed by atoms with Gasteiger partial charge in [0.15, 0.2) is 4.77 Å². The first kappa shape index (κ1) is 15.1. The van der Waals surface area contributed by atoms with Crippen LogP contribution in [0, 0.1) is 4.77 Å². The predicted octanol–water partition coefficient (Wildman–Crippen LogP) is 5.24. The van der Waals surface area contributed by atoms with Crippen LogP contribution in [0.15, 0.2) is 18.2 Å². The maximum atomic E-state index is 5.87. The third-order valence-electron chi connectivity index (χ3n) is 3.49. The minimum atomic E-state index is 0.156. The highest BCUT2D eigenvalue weighted by molar-refractivity contribution is 7.71. The fraction of sp³-hybridized carbons (Fsp3) is 0.562. The fourth-order valence-corrected chi connectivity index (χ4v) is 2.92. The number of rotatable bonds is 6. The summed E-state index contributed by atoms with van der Waals surface area (Å²) in [6, 6.07) is 6.54. The molecular weight excluding hydrogens is 268 g/mol. The summed E-state index contributed by atoms with van der Waals surface area (Å²) in [5.74, 6) is 0.880. The first-order valence-corrected chi connectivity index (χ1v) is 7.85. The van der Waals surface area contributed by atoms with E-state index in [4.69, 9.17) is 17.0 Å². The van der Waals surface area contributed by atoms with Crippen molar-refractivity contribution in [2.45, 2.75) is 59.1 Å². The van der Waals surface area contributed by atoms with E-state index in [-0.39, 0.29) is 6.10 Å². The summed E-state index contributed by atoms with van der Waals surface area (Å²) >= 11 is 5.50. The number of hydrogen-bond donors (Lipinski definition) is 1. The van der Waals surface area contributed by atoms with Gasteiger partial charge in [-0.2, -0.15) is 0 Å². The molecule has 3 nitrogen and oxygen atoms in total. The standard InChI is InChI=1S/C16H24N2OS/c1-5-6-8-12(4)18-13-9-7-10-14(19-11(2)3)15(13)17-16(18)20/h7,9-12H,5-6,8H2,1-4H3,(H,17,20). The summed E-state index contributed by atoms with van der Waals surface area (Å²) in [6.45, 7) is 8.52. The second-order valence-corrected chi connectivity index (χ2v) is 5.99. The van der Waals surface area contributed by atoms with E-state index in [1.54, 1.807) is 0 Å². The molecule has 110 valence electrons. The highest BCUT2D eigenvalue weighted by Crippen LogP contribution is 2.29. The highest BCUT2D eigenvalue weighted by atomic mass is 32.1. The molecule has 0 aliphatic rings. The molecule has 1 N–H and O–H groups in total. The lowest BCUT2D eigenvalue weighted by Gasteiger charge is -2.15. The van der Waals surface area contributed by atoms with Crippen LogP contribution in [0.2, 0.25) is 0 Å². The highest BCUT2D eigenvalue weighted by Gasteiger charge is 2.14. The van der Waals surface area contributed by atoms with Crippen LogP contribution < -0.4 is 4.74 Å². The van der Waals surface area contributed by atoms with Crippen molar-refractivity contribution >= 4 is 23.3 Å². The number of ether oxygens (including phenoxy) is 1. The largest absolute Gasteiger partial charge is 0.489 e. The van der Waals surface area contributed by atoms with E-state index in [1.165, 1.54) is 12.8 Å². The van der Waals surface area contributed by atoms with Crippen LogP contribution in [0.5, 0.6) is 5.75 Å². The maximum absolute atomic E-state index is 5.87. The molecule has 20 heavy (non-hydrogen) atoms. The van der Waals surface area contributed by atoms with Gasteiger partial charge < -0.3 is 14.3 Å². The molecule has 0 radical (unpaired) electrons. The lowest BCUT2D eigenvalue weighted by atomic mass is 10.1. The van der Waals surface area contributed by atoms with E-state index in [2.05, 4.69) is 29.5 Å². The van der Waals surface area contributed by atoms with Gasteiger partial charge in [-0.15, -0.1) is 0 Å². The zero-order valence-electron chi connectivity index (χ0n) is 12.8. The molecule has 1 aromatic heterocycles. The second-order valence-electron chi connectivity index (χ2n) is 5.61. The molecule has 0 bridgehead atoms. The summed E-state index contributed by atoms with van der Waals surface area (Å²) in [4.78, 5) is 3.31. The molecule has 4 heteroatoms. The molecule has 0 aliphatic heterocycles. The quantitative estimate of drug-likeness (QED) is 0.738. The van der Waals surface area contributed by atoms with Gasteiger partial charge in [0.2, 0.25) is 0 Å². The summed E-state index contributed by atoms with van der Waals surface area (Å²) in [7, 11) is 0. The fourth-order valence-electron chi connectivity index (χ4n) is 2.54. The number of unbranched alkanes of at least 4 members (excludes halogenated alkanes) is 1. The summed E-state index contributed by atoms with van der Waals surface area (Å²) in [5.41, 5.74) is 2.14. The van der Waals surface area contributed by atoms with Gasteiger partial charge in [0.1, 0.15) is 11.3 Å². The molecule has 1 unspecified atom stereocenters. The number of benzene rings is 1. The van der Waals surface area contributed by atoms with Crippen molar-refractivity contribution in [2.75, 3.05) is 0 Å². The molecule has 0 fully saturated rings. The number of nitrogens with one attached hydrogen (secondary N) is 1. The predicted molar refractivity (Wildman–Crippen MR) is 87.1 cm³/mol. The summed E-state index contributed by atoms with van der Waals surface area (Å²) in [5, 5.41) is 0. The molecule has 0 saturated heterocycles. The normalized spacial score (nSPS) is 13.1. The molecule has 0 aliphatic carbocycles. The number of hydrogen-bond acceptors (Lipinski definition) is 2. The molecule has 0 amide bonds. The monoisotopic (exact) mass is 292 g/mol. The van der Waals surface area contributed by atoms with Crippen LogP contribution in [-0.2, 0) is 0 Å². The van der Waals surface area contributed by atoms with Crippen LogP contribution in [0.25, 0.3) is 11.0 Å². The third kappa shape index (κ3) is 3.06. The zero-order chi connectivity index (χ0) is 14.7. The van der Waals surface area contributed by atoms with Crippen molar-refractivity contribution < 1.29 is 4.74 Å². The molecule has 2 rings (SSSR count). The van der Waals surface area contributed by atoms with Crippen LogP contribution in [0.3, 0.4) is 0 Å². The smallest absolute Gasteiger partial charge is 0.178 e. The third-order valence-corrected chi connectivity index (χ3v) is 3.79. The first-order chi connectivity index (χ1) is 9.54. The average molecular weight is 292 g/mol. The second kappa shape index (κ2) is 6.44. The molecule has 0 saturated carbocycles. The van der Waals surface area contributed by atoms with Crippen molar-refractivity contribution in [1.29, 1.82) is 0 Å². The minimum absolute atomic E-state index is 0.156. The van der Waals surface area contributed by atoms with E-state index in [0.29, 0.717) is 6.04 Å². The lowest BCUT2D eigenvalue weighted by molar-refractivity contribution is 0.245. The Labute approximate surface area is 126 Å². The van der Waals surface area contributed by atoms with Crippen molar-refractivity contribution in [2.24, 2.45) is 0 Å². The summed E-state index contributed by atoms with van der Waals surface area (Å²) < 4.78 is 8.86. The Balaban J connectivity index is 2.46. The molecule has 1 heterocycles. The number of imidazole rings is 1. The zero-order valence-corrected chi connectivity index (χ0v) is 13.6. The Bertz CT molecular complexity index is 627. The van der Waals surface area contributed by atoms with Gasteiger partial charge in [-0.1, -0.05) is 25.8 Å². The Morgan fingerprint density at radius 1 is 1.30 bits per heavy atom. The Kier molecular flexibility index (Phi) is 4.86. The van der Waals surface area contributed by atoms with Gasteiger partial charge in [0.25, 0.3) is 0 Å². The average Bonchev–Trinajstić information content (AvgIpc) is 2.73. The first-order valence-electron chi connectivity index (χ1n) is 7.44. The molecule has 1 atom stereocenters. The van der Waals surface area contributed by atoms with E-state index >= 15 is 0 Å². The van der Waals surface area contributed by atoms with Gasteiger partial charge in [-0.3, -0.25) is 0 Å². The minimum Gasteiger partial charge on any atom is -0.489 e. The Morgan fingerprint density at radius 2 is 2.05 bits per heavy atom. The van der Waals surface area contributed by atoms with Crippen LogP contribution in [0.4, 0.5) is 0 Å². The number of H-pyrrole nitrogens is 1. The van der Waals surface area contributed by atoms with Crippen LogP contribution in [0.1, 0.15) is 53.0 Å². The van der Waals surface area contributed by atoms with E-state index < -0.39 is 0 Å². The van der Waals surface area contributed by atoms with Crippen LogP contribution >= 0.6 is 12.2 Å². The molecule has 2 aromatic rings. The van der Waals surface area contributed by atoms with Gasteiger partial charge in [0.05, 0.1) is 11.6 Å². The number of para-hydroxylation sites is 1. The maximum Gasteiger partial charge on any atom is 0.178 e. The Hall–Kier alpha value is -1.29. The van der Waals surface area contributed by atoms with Gasteiger partial charge in [-0.05, 0) is 51.5 Å². The SMILES string of the molecule is CCCCC(C)n1c(=S)[nH]c2c(OC(C)C)cccc21. The van der Waals surface area contributed by atoms with Crippen molar-refractivity contribution in [3.8, 4) is 5.75 Å². The van der Waals surface area contributed by atoms with E-state index in [9.17, 15) is 0 Å². The number of fused-ring (bicyclic) bond motifs is 1. The van der Waals surface area contributed by atoms with Crippen LogP contribution in [-0.4, -0.2) is 15.7 Å². The van der Waals surface area contributed by atoms with Crippen molar-refractivity contribution in [3.63, 3.8) is 0 Å².